The van der Waals surface area contributed by atoms with E-state index in [1.165, 1.54) is 0 Å². The van der Waals surface area contributed by atoms with Crippen molar-refractivity contribution in [1.29, 1.82) is 0 Å². The van der Waals surface area contributed by atoms with Crippen LogP contribution in [-0.2, 0) is 11.2 Å². The number of aromatic nitrogens is 4. The van der Waals surface area contributed by atoms with E-state index in [1.807, 2.05) is 45.0 Å². The van der Waals surface area contributed by atoms with Crippen molar-refractivity contribution >= 4 is 22.9 Å². The number of amides is 1. The molecule has 0 saturated heterocycles. The maximum absolute atomic E-state index is 12.2. The summed E-state index contributed by atoms with van der Waals surface area (Å²) < 4.78 is 0. The van der Waals surface area contributed by atoms with Gasteiger partial charge in [0.05, 0.1) is 17.1 Å². The van der Waals surface area contributed by atoms with Crippen molar-refractivity contribution in [2.24, 2.45) is 0 Å². The molecule has 0 aliphatic carbocycles. The Labute approximate surface area is 138 Å². The summed E-state index contributed by atoms with van der Waals surface area (Å²) in [6, 6.07) is 7.49. The van der Waals surface area contributed by atoms with Gasteiger partial charge in [-0.15, -0.1) is 11.3 Å². The zero-order valence-corrected chi connectivity index (χ0v) is 14.0. The molecule has 0 aliphatic heterocycles. The highest BCUT2D eigenvalue weighted by molar-refractivity contribution is 7.11. The smallest absolute Gasteiger partial charge is 0.230 e. The van der Waals surface area contributed by atoms with Crippen molar-refractivity contribution < 1.29 is 4.79 Å². The Morgan fingerprint density at radius 2 is 2.09 bits per heavy atom. The molecule has 1 aromatic carbocycles. The molecule has 0 fully saturated rings. The number of carbonyl (C=O) groups is 1. The van der Waals surface area contributed by atoms with Crippen LogP contribution in [0, 0.1) is 20.8 Å². The number of aromatic amines is 1. The van der Waals surface area contributed by atoms with Crippen molar-refractivity contribution in [3.05, 3.63) is 45.7 Å². The fraction of sp³-hybridized carbons (Fsp3) is 0.250. The third kappa shape index (κ3) is 3.62. The van der Waals surface area contributed by atoms with Crippen LogP contribution in [0.2, 0.25) is 0 Å². The molecule has 3 rings (SSSR count). The second-order valence-corrected chi connectivity index (χ2v) is 6.69. The van der Waals surface area contributed by atoms with Crippen molar-refractivity contribution in [3.8, 4) is 11.4 Å². The van der Waals surface area contributed by atoms with E-state index in [9.17, 15) is 4.79 Å². The molecule has 23 heavy (non-hydrogen) atoms. The van der Waals surface area contributed by atoms with Gasteiger partial charge >= 0.3 is 0 Å². The van der Waals surface area contributed by atoms with E-state index in [0.717, 1.165) is 32.7 Å². The Kier molecular flexibility index (Phi) is 4.20. The van der Waals surface area contributed by atoms with Crippen LogP contribution >= 0.6 is 11.3 Å². The first-order chi connectivity index (χ1) is 11.0. The molecule has 118 valence electrons. The number of anilines is 1. The number of H-pyrrole nitrogens is 1. The molecule has 0 radical (unpaired) electrons. The van der Waals surface area contributed by atoms with Crippen LogP contribution in [0.1, 0.15) is 21.4 Å². The van der Waals surface area contributed by atoms with Crippen LogP contribution in [0.4, 0.5) is 5.69 Å². The second kappa shape index (κ2) is 6.29. The molecule has 0 saturated carbocycles. The topological polar surface area (TPSA) is 83.6 Å². The summed E-state index contributed by atoms with van der Waals surface area (Å²) in [6.07, 6.45) is 0.278. The lowest BCUT2D eigenvalue weighted by molar-refractivity contribution is -0.115. The average Bonchev–Trinajstić information content (AvgIpc) is 3.05. The quantitative estimate of drug-likeness (QED) is 0.771. The first-order valence-electron chi connectivity index (χ1n) is 7.23. The molecule has 7 heteroatoms. The van der Waals surface area contributed by atoms with E-state index < -0.39 is 0 Å². The van der Waals surface area contributed by atoms with Crippen LogP contribution in [0.25, 0.3) is 11.4 Å². The fourth-order valence-electron chi connectivity index (χ4n) is 2.30. The lowest BCUT2D eigenvalue weighted by atomic mass is 10.2. The Hall–Kier alpha value is -2.54. The summed E-state index contributed by atoms with van der Waals surface area (Å²) in [7, 11) is 0. The Balaban J connectivity index is 1.72. The SMILES string of the molecule is Cc1nc(-c2cccc(NC(=O)Cc3nc(C)sc3C)c2)n[nH]1. The number of nitrogens with one attached hydrogen (secondary N) is 2. The van der Waals surface area contributed by atoms with E-state index >= 15 is 0 Å². The Morgan fingerprint density at radius 1 is 1.26 bits per heavy atom. The van der Waals surface area contributed by atoms with Crippen LogP contribution < -0.4 is 5.32 Å². The summed E-state index contributed by atoms with van der Waals surface area (Å²) >= 11 is 1.61. The molecule has 6 nitrogen and oxygen atoms in total. The van der Waals surface area contributed by atoms with Crippen LogP contribution in [0.5, 0.6) is 0 Å². The molecule has 0 unspecified atom stereocenters. The summed E-state index contributed by atoms with van der Waals surface area (Å²) in [5, 5.41) is 10.8. The van der Waals surface area contributed by atoms with Gasteiger partial charge in [-0.2, -0.15) is 5.10 Å². The second-order valence-electron chi connectivity index (χ2n) is 5.29. The van der Waals surface area contributed by atoms with E-state index in [0.29, 0.717) is 5.82 Å². The molecule has 2 N–H and O–H groups in total. The van der Waals surface area contributed by atoms with Gasteiger partial charge in [0.15, 0.2) is 5.82 Å². The summed E-state index contributed by atoms with van der Waals surface area (Å²) in [6.45, 7) is 5.78. The highest BCUT2D eigenvalue weighted by Gasteiger charge is 2.11. The molecular formula is C16H17N5OS. The molecule has 0 bridgehead atoms. The standard InChI is InChI=1S/C16H17N5OS/c1-9-14(18-11(3)23-9)8-15(22)19-13-6-4-5-12(7-13)16-17-10(2)20-21-16/h4-7H,8H2,1-3H3,(H,19,22)(H,17,20,21). The fourth-order valence-corrected chi connectivity index (χ4v) is 3.14. The van der Waals surface area contributed by atoms with Crippen LogP contribution in [0.3, 0.4) is 0 Å². The molecule has 3 aromatic rings. The number of hydrogen-bond donors (Lipinski definition) is 2. The zero-order chi connectivity index (χ0) is 16.4. The number of benzene rings is 1. The molecule has 0 spiro atoms. The number of thiazole rings is 1. The van der Waals surface area contributed by atoms with Crippen molar-refractivity contribution in [3.63, 3.8) is 0 Å². The minimum absolute atomic E-state index is 0.0817. The van der Waals surface area contributed by atoms with Gasteiger partial charge in [0.25, 0.3) is 0 Å². The molecule has 0 atom stereocenters. The molecule has 2 heterocycles. The summed E-state index contributed by atoms with van der Waals surface area (Å²) in [5.41, 5.74) is 2.41. The first kappa shape index (κ1) is 15.4. The van der Waals surface area contributed by atoms with Crippen molar-refractivity contribution in [1.82, 2.24) is 20.2 Å². The van der Waals surface area contributed by atoms with E-state index in [1.54, 1.807) is 11.3 Å². The molecule has 0 aliphatic rings. The van der Waals surface area contributed by atoms with Gasteiger partial charge in [0.2, 0.25) is 5.91 Å². The van der Waals surface area contributed by atoms with Gasteiger partial charge in [-0.05, 0) is 32.9 Å². The number of nitrogens with zero attached hydrogens (tertiary/aromatic N) is 3. The highest BCUT2D eigenvalue weighted by atomic mass is 32.1. The first-order valence-corrected chi connectivity index (χ1v) is 8.05. The van der Waals surface area contributed by atoms with Crippen LogP contribution in [-0.4, -0.2) is 26.1 Å². The monoisotopic (exact) mass is 327 g/mol. The predicted octanol–water partition coefficient (Wildman–Crippen LogP) is 3.03. The van der Waals surface area contributed by atoms with Gasteiger partial charge in [-0.3, -0.25) is 9.89 Å². The third-order valence-electron chi connectivity index (χ3n) is 3.33. The lowest BCUT2D eigenvalue weighted by Crippen LogP contribution is -2.15. The van der Waals surface area contributed by atoms with Crippen LogP contribution in [0.15, 0.2) is 24.3 Å². The van der Waals surface area contributed by atoms with Crippen molar-refractivity contribution in [2.75, 3.05) is 5.32 Å². The Bertz CT molecular complexity index is 852. The van der Waals surface area contributed by atoms with Gasteiger partial charge in [0.1, 0.15) is 5.82 Å². The predicted molar refractivity (Wildman–Crippen MR) is 90.5 cm³/mol. The molecule has 2 aromatic heterocycles. The van der Waals surface area contributed by atoms with E-state index in [2.05, 4.69) is 25.5 Å². The number of aryl methyl sites for hydroxylation is 3. The largest absolute Gasteiger partial charge is 0.326 e. The van der Waals surface area contributed by atoms with Gasteiger partial charge in [0, 0.05) is 16.1 Å². The van der Waals surface area contributed by atoms with E-state index in [4.69, 9.17) is 0 Å². The summed E-state index contributed by atoms with van der Waals surface area (Å²) in [5.74, 6) is 1.29. The minimum Gasteiger partial charge on any atom is -0.326 e. The summed E-state index contributed by atoms with van der Waals surface area (Å²) in [4.78, 5) is 22.0. The number of rotatable bonds is 4. The van der Waals surface area contributed by atoms with Crippen molar-refractivity contribution in [2.45, 2.75) is 27.2 Å². The lowest BCUT2D eigenvalue weighted by Gasteiger charge is -2.06. The normalized spacial score (nSPS) is 10.7. The minimum atomic E-state index is -0.0817. The molecule has 1 amide bonds. The maximum Gasteiger partial charge on any atom is 0.230 e. The van der Waals surface area contributed by atoms with Gasteiger partial charge < -0.3 is 5.32 Å². The van der Waals surface area contributed by atoms with Gasteiger partial charge in [-0.1, -0.05) is 12.1 Å². The van der Waals surface area contributed by atoms with Gasteiger partial charge in [-0.25, -0.2) is 9.97 Å². The number of hydrogen-bond acceptors (Lipinski definition) is 5. The average molecular weight is 327 g/mol. The Morgan fingerprint density at radius 3 is 2.74 bits per heavy atom. The third-order valence-corrected chi connectivity index (χ3v) is 4.26. The number of carbonyl (C=O) groups excluding carboxylic acids is 1. The zero-order valence-electron chi connectivity index (χ0n) is 13.2. The highest BCUT2D eigenvalue weighted by Crippen LogP contribution is 2.20. The molecular weight excluding hydrogens is 310 g/mol. The van der Waals surface area contributed by atoms with E-state index in [-0.39, 0.29) is 12.3 Å². The maximum atomic E-state index is 12.2.